The molecule has 0 saturated carbocycles. The van der Waals surface area contributed by atoms with Crippen molar-refractivity contribution in [2.75, 3.05) is 47.5 Å². The maximum atomic E-state index is 12.9. The maximum absolute atomic E-state index is 12.9. The fourth-order valence-electron chi connectivity index (χ4n) is 10.1. The second-order valence-electron chi connectivity index (χ2n) is 25.6. The third-order valence-electron chi connectivity index (χ3n) is 15.7. The Morgan fingerprint density at radius 1 is 0.344 bits per heavy atom. The molecular formula is C80H139NO8P+. The number of hydrogen-bond donors (Lipinski definition) is 1. The number of hydrogen-bond acceptors (Lipinski definition) is 7. The van der Waals surface area contributed by atoms with Crippen LogP contribution in [0.5, 0.6) is 0 Å². The van der Waals surface area contributed by atoms with Gasteiger partial charge in [-0.15, -0.1) is 0 Å². The number of likely N-dealkylation sites (N-methyl/N-ethyl adjacent to an activating group) is 1. The van der Waals surface area contributed by atoms with Crippen LogP contribution in [0.2, 0.25) is 0 Å². The summed E-state index contributed by atoms with van der Waals surface area (Å²) in [6, 6.07) is 0. The van der Waals surface area contributed by atoms with Crippen molar-refractivity contribution in [2.45, 2.75) is 315 Å². The van der Waals surface area contributed by atoms with Crippen molar-refractivity contribution in [3.05, 3.63) is 134 Å². The van der Waals surface area contributed by atoms with Crippen LogP contribution in [-0.4, -0.2) is 74.9 Å². The van der Waals surface area contributed by atoms with Gasteiger partial charge < -0.3 is 18.9 Å². The monoisotopic (exact) mass is 1270 g/mol. The number of carbonyl (C=O) groups excluding carboxylic acids is 2. The number of allylic oxidation sites excluding steroid dienone is 22. The number of rotatable bonds is 67. The zero-order chi connectivity index (χ0) is 65.5. The number of ether oxygens (including phenoxy) is 2. The van der Waals surface area contributed by atoms with Gasteiger partial charge in [0.2, 0.25) is 0 Å². The summed E-state index contributed by atoms with van der Waals surface area (Å²) in [5, 5.41) is 0. The standard InChI is InChI=1S/C80H138NO8P/c1-6-8-10-12-14-16-18-20-22-24-26-28-30-32-34-35-36-37-38-39-40-41-42-43-44-45-47-48-50-52-54-56-58-60-62-64-66-68-70-72-79(82)86-76-78(77-88-90(84,85)87-75-74-81(3,4)5)89-80(83)73-71-69-67-65-63-61-59-57-55-53-51-49-46-33-31-29-27-25-23-21-19-17-15-13-11-9-7-2/h8-11,14-17,20-23,26-29,33,46,51,53,57,59,78H,6-7,12-13,18-19,24-25,30-32,34-45,47-50,52,54-56,58,60-77H2,1-5H3/p+1/b10-8-,11-9-,16-14-,17-15-,22-20-,23-21-,28-26-,29-27-,46-33-,53-51-,59-57-. The smallest absolute Gasteiger partial charge is 0.462 e. The fourth-order valence-corrected chi connectivity index (χ4v) is 10.8. The molecule has 1 N–H and O–H groups in total. The predicted molar refractivity (Wildman–Crippen MR) is 390 cm³/mol. The van der Waals surface area contributed by atoms with Crippen LogP contribution >= 0.6 is 7.82 Å². The average Bonchev–Trinajstić information content (AvgIpc) is 3.61. The van der Waals surface area contributed by atoms with E-state index < -0.39 is 26.5 Å². The Hall–Kier alpha value is -3.85. The highest BCUT2D eigenvalue weighted by atomic mass is 31.2. The van der Waals surface area contributed by atoms with Crippen LogP contribution in [0.3, 0.4) is 0 Å². The third-order valence-corrected chi connectivity index (χ3v) is 16.7. The van der Waals surface area contributed by atoms with Gasteiger partial charge in [0, 0.05) is 12.8 Å². The van der Waals surface area contributed by atoms with Crippen molar-refractivity contribution < 1.29 is 42.1 Å². The van der Waals surface area contributed by atoms with Gasteiger partial charge in [0.25, 0.3) is 0 Å². The molecule has 2 unspecified atom stereocenters. The van der Waals surface area contributed by atoms with Crippen molar-refractivity contribution in [3.63, 3.8) is 0 Å². The summed E-state index contributed by atoms with van der Waals surface area (Å²) in [6.07, 6.45) is 102. The van der Waals surface area contributed by atoms with Crippen LogP contribution in [0.25, 0.3) is 0 Å². The highest BCUT2D eigenvalue weighted by Gasteiger charge is 2.27. The van der Waals surface area contributed by atoms with Gasteiger partial charge in [-0.3, -0.25) is 18.6 Å². The van der Waals surface area contributed by atoms with Gasteiger partial charge in [0.1, 0.15) is 19.8 Å². The number of phosphoric ester groups is 1. The largest absolute Gasteiger partial charge is 0.472 e. The molecule has 0 rings (SSSR count). The van der Waals surface area contributed by atoms with E-state index in [1.165, 1.54) is 154 Å². The molecule has 0 aliphatic rings. The highest BCUT2D eigenvalue weighted by molar-refractivity contribution is 7.47. The predicted octanol–water partition coefficient (Wildman–Crippen LogP) is 24.4. The van der Waals surface area contributed by atoms with Crippen molar-refractivity contribution >= 4 is 19.8 Å². The van der Waals surface area contributed by atoms with E-state index >= 15 is 0 Å². The van der Waals surface area contributed by atoms with Crippen molar-refractivity contribution in [1.29, 1.82) is 0 Å². The van der Waals surface area contributed by atoms with E-state index in [4.69, 9.17) is 18.5 Å². The molecule has 0 heterocycles. The summed E-state index contributed by atoms with van der Waals surface area (Å²) in [6.45, 7) is 4.20. The third kappa shape index (κ3) is 73.2. The van der Waals surface area contributed by atoms with Crippen LogP contribution in [-0.2, 0) is 32.7 Å². The number of quaternary nitrogens is 1. The lowest BCUT2D eigenvalue weighted by molar-refractivity contribution is -0.870. The van der Waals surface area contributed by atoms with Crippen molar-refractivity contribution in [3.8, 4) is 0 Å². The molecule has 90 heavy (non-hydrogen) atoms. The lowest BCUT2D eigenvalue weighted by atomic mass is 10.0. The second kappa shape index (κ2) is 69.5. The summed E-state index contributed by atoms with van der Waals surface area (Å²) >= 11 is 0. The molecule has 0 aromatic rings. The van der Waals surface area contributed by atoms with Gasteiger partial charge in [-0.05, 0) is 109 Å². The normalized spacial score (nSPS) is 13.9. The second-order valence-corrected chi connectivity index (χ2v) is 27.0. The minimum atomic E-state index is -4.41. The van der Waals surface area contributed by atoms with Gasteiger partial charge in [-0.25, -0.2) is 4.57 Å². The van der Waals surface area contributed by atoms with Crippen LogP contribution in [0, 0.1) is 0 Å². The average molecular weight is 1270 g/mol. The van der Waals surface area contributed by atoms with E-state index in [2.05, 4.69) is 148 Å². The Morgan fingerprint density at radius 2 is 0.600 bits per heavy atom. The Kier molecular flexibility index (Phi) is 66.5. The minimum absolute atomic E-state index is 0.0227. The number of esters is 2. The summed E-state index contributed by atoms with van der Waals surface area (Å²) < 4.78 is 34.7. The van der Waals surface area contributed by atoms with Crippen LogP contribution < -0.4 is 0 Å². The van der Waals surface area contributed by atoms with E-state index in [-0.39, 0.29) is 32.0 Å². The first-order valence-corrected chi connectivity index (χ1v) is 38.4. The molecule has 2 atom stereocenters. The van der Waals surface area contributed by atoms with Gasteiger partial charge in [-0.1, -0.05) is 321 Å². The summed E-state index contributed by atoms with van der Waals surface area (Å²) in [5.74, 6) is -0.816. The number of phosphoric acid groups is 1. The highest BCUT2D eigenvalue weighted by Crippen LogP contribution is 2.43. The molecule has 0 saturated heterocycles. The SMILES string of the molecule is CC/C=C\C/C=C\C/C=C\C/C=C\C/C=C\C/C=C\C/C=C\CCCCCCCC(=O)OC(COC(=O)CCCCCCCCCCCCCCCCCCCCCCCCCCCC/C=C\C/C=C\C/C=C\C/C=C\CC)COP(=O)(O)OCC[N+](C)(C)C. The number of nitrogens with zero attached hydrogens (tertiary/aromatic N) is 1. The molecule has 0 amide bonds. The first kappa shape index (κ1) is 86.2. The molecule has 0 radical (unpaired) electrons. The molecule has 0 aliphatic heterocycles. The lowest BCUT2D eigenvalue weighted by Gasteiger charge is -2.24. The first-order valence-electron chi connectivity index (χ1n) is 36.9. The van der Waals surface area contributed by atoms with Gasteiger partial charge in [0.15, 0.2) is 6.10 Å². The lowest BCUT2D eigenvalue weighted by Crippen LogP contribution is -2.37. The van der Waals surface area contributed by atoms with Gasteiger partial charge in [0.05, 0.1) is 27.7 Å². The molecule has 9 nitrogen and oxygen atoms in total. The molecule has 0 spiro atoms. The zero-order valence-corrected chi connectivity index (χ0v) is 59.7. The van der Waals surface area contributed by atoms with Gasteiger partial charge >= 0.3 is 19.8 Å². The minimum Gasteiger partial charge on any atom is -0.462 e. The van der Waals surface area contributed by atoms with Crippen molar-refractivity contribution in [2.24, 2.45) is 0 Å². The van der Waals surface area contributed by atoms with Crippen molar-refractivity contribution in [1.82, 2.24) is 0 Å². The Labute approximate surface area is 555 Å². The van der Waals surface area contributed by atoms with Crippen LogP contribution in [0.1, 0.15) is 309 Å². The Balaban J connectivity index is 4.00. The Morgan fingerprint density at radius 3 is 0.889 bits per heavy atom. The molecule has 516 valence electrons. The molecule has 0 aliphatic carbocycles. The quantitative estimate of drug-likeness (QED) is 0.0211. The summed E-state index contributed by atoms with van der Waals surface area (Å²) in [7, 11) is 1.46. The van der Waals surface area contributed by atoms with E-state index in [1.54, 1.807) is 0 Å². The topological polar surface area (TPSA) is 108 Å². The van der Waals surface area contributed by atoms with Crippen LogP contribution in [0.4, 0.5) is 0 Å². The van der Waals surface area contributed by atoms with Crippen LogP contribution in [0.15, 0.2) is 134 Å². The number of unbranched alkanes of at least 4 members (excludes halogenated alkanes) is 31. The molecular weight excluding hydrogens is 1130 g/mol. The molecule has 0 aromatic heterocycles. The maximum Gasteiger partial charge on any atom is 0.472 e. The molecule has 10 heteroatoms. The summed E-state index contributed by atoms with van der Waals surface area (Å²) in [4.78, 5) is 35.9. The van der Waals surface area contributed by atoms with E-state index in [0.717, 1.165) is 122 Å². The zero-order valence-electron chi connectivity index (χ0n) is 58.8. The van der Waals surface area contributed by atoms with Gasteiger partial charge in [-0.2, -0.15) is 0 Å². The van der Waals surface area contributed by atoms with E-state index in [1.807, 2.05) is 21.1 Å². The van der Waals surface area contributed by atoms with E-state index in [9.17, 15) is 19.0 Å². The Bertz CT molecular complexity index is 1980. The number of carbonyl (C=O) groups is 2. The van der Waals surface area contributed by atoms with E-state index in [0.29, 0.717) is 17.4 Å². The molecule has 0 aromatic carbocycles. The molecule has 0 bridgehead atoms. The fraction of sp³-hybridized carbons (Fsp3) is 0.700. The molecule has 0 fully saturated rings. The first-order chi connectivity index (χ1) is 44.0. The summed E-state index contributed by atoms with van der Waals surface area (Å²) in [5.41, 5.74) is 0.